The Balaban J connectivity index is -0.0000000435. The van der Waals surface area contributed by atoms with Gasteiger partial charge in [0, 0.05) is 0 Å². The van der Waals surface area contributed by atoms with Crippen LogP contribution >= 0.6 is 23.5 Å². The molecule has 0 saturated heterocycles. The van der Waals surface area contributed by atoms with Gasteiger partial charge in [0.1, 0.15) is 0 Å². The van der Waals surface area contributed by atoms with Crippen molar-refractivity contribution >= 4 is 23.5 Å². The molecule has 0 bridgehead atoms. The van der Waals surface area contributed by atoms with Crippen LogP contribution < -0.4 is 0 Å². The van der Waals surface area contributed by atoms with E-state index >= 15 is 0 Å². The fourth-order valence-corrected chi connectivity index (χ4v) is 0. The molecule has 0 unspecified atom stereocenters. The van der Waals surface area contributed by atoms with Crippen molar-refractivity contribution in [3.05, 3.63) is 0 Å². The molecule has 0 saturated carbocycles. The quantitative estimate of drug-likeness (QED) is 0.0831. The van der Waals surface area contributed by atoms with Crippen LogP contribution in [0.5, 0.6) is 0 Å². The Morgan fingerprint density at radius 2 is 0.323 bits per heavy atom. The molecule has 0 aliphatic carbocycles. The molecule has 0 aromatic rings. The third-order valence-corrected chi connectivity index (χ3v) is 0. The molecule has 0 aromatic carbocycles. The predicted octanol–water partition coefficient (Wildman–Crippen LogP) is -7.73. The van der Waals surface area contributed by atoms with E-state index in [1.54, 1.807) is 0 Å². The van der Waals surface area contributed by atoms with Crippen LogP contribution in [0, 0.1) is 0 Å². The molecule has 0 aromatic heterocycles. The summed E-state index contributed by atoms with van der Waals surface area (Å²) in [4.78, 5) is 64.7. The van der Waals surface area contributed by atoms with E-state index in [0.717, 1.165) is 0 Å². The second-order valence-electron chi connectivity index (χ2n) is 2.67. The zero-order valence-corrected chi connectivity index (χ0v) is 22.7. The molecule has 0 aliphatic rings. The number of rotatable bonds is 0. The van der Waals surface area contributed by atoms with E-state index in [2.05, 4.69) is 0 Å². The Morgan fingerprint density at radius 1 is 0.323 bits per heavy atom. The number of hydrogen-bond donors (Lipinski definition) is 17. The van der Waals surface area contributed by atoms with Crippen molar-refractivity contribution in [1.82, 2.24) is 0 Å². The van der Waals surface area contributed by atoms with Gasteiger partial charge in [0.05, 0.1) is 0 Å². The normalized spacial score (nSPS) is 9.06. The molecule has 192 valence electrons. The molecule has 0 fully saturated rings. The summed E-state index contributed by atoms with van der Waals surface area (Å²) >= 11 is -14.3. The van der Waals surface area contributed by atoms with Crippen molar-refractivity contribution in [2.45, 2.75) is 0 Å². The first-order valence-electron chi connectivity index (χ1n) is 4.95. The SMILES string of the molecule is O=P(O)(O)O.O=P(O)(O)O.O=P(O)(O)O.[O]=[Ti]([OH])[OH].[O]=[Ti]([OH])[OH].[O]=[Ti]([OH])[OH].[O]=[Ti]([OH])[OH]. The van der Waals surface area contributed by atoms with Gasteiger partial charge >= 0.3 is 141 Å². The summed E-state index contributed by atoms with van der Waals surface area (Å²) in [6.45, 7) is 0. The number of phosphoric acid groups is 3. The minimum absolute atomic E-state index is 3.58. The fraction of sp³-hybridized carbons (Fsp3) is 0. The van der Waals surface area contributed by atoms with E-state index in [9.17, 15) is 0 Å². The summed E-state index contributed by atoms with van der Waals surface area (Å²) < 4.78 is 120. The van der Waals surface area contributed by atoms with Crippen LogP contribution in [0.4, 0.5) is 0 Å². The maximum absolute atomic E-state index is 8.88. The third kappa shape index (κ3) is 6780. The van der Waals surface area contributed by atoms with Gasteiger partial charge < -0.3 is 44.0 Å². The summed E-state index contributed by atoms with van der Waals surface area (Å²) in [5.74, 6) is 0. The number of hydrogen-bond acceptors (Lipinski definition) is 7. The van der Waals surface area contributed by atoms with Gasteiger partial charge in [0.25, 0.3) is 0 Å². The molecule has 0 atom stereocenters. The molecule has 0 amide bonds. The van der Waals surface area contributed by atoms with Gasteiger partial charge in [0.2, 0.25) is 0 Å². The zero-order valence-electron chi connectivity index (χ0n) is 13.8. The van der Waals surface area contributed by atoms with E-state index in [1.807, 2.05) is 0 Å². The third-order valence-electron chi connectivity index (χ3n) is 0. The molecule has 0 spiro atoms. The molecule has 0 aliphatic heterocycles. The fourth-order valence-electron chi connectivity index (χ4n) is 0. The van der Waals surface area contributed by atoms with E-state index in [-0.39, 0.29) is 0 Å². The van der Waals surface area contributed by atoms with Crippen molar-refractivity contribution in [2.24, 2.45) is 0 Å². The molecular formula is H17O24P3Ti4. The first-order valence-corrected chi connectivity index (χ1v) is 17.8. The molecule has 0 rings (SSSR count). The zero-order chi connectivity index (χ0) is 27.8. The Kier molecular flexibility index (Phi) is 48.6. The molecule has 17 N–H and O–H groups in total. The van der Waals surface area contributed by atoms with Crippen molar-refractivity contribution in [3.8, 4) is 0 Å². The summed E-state index contributed by atoms with van der Waals surface area (Å²) in [6, 6.07) is 0. The van der Waals surface area contributed by atoms with E-state index in [0.29, 0.717) is 0 Å². The van der Waals surface area contributed by atoms with Crippen LogP contribution in [0.15, 0.2) is 0 Å². The van der Waals surface area contributed by atoms with Crippen molar-refractivity contribution in [2.75, 3.05) is 0 Å². The molecular weight excluding hydrogens is 668 g/mol. The molecule has 31 heavy (non-hydrogen) atoms. The Morgan fingerprint density at radius 3 is 0.323 bits per heavy atom. The second-order valence-corrected chi connectivity index (χ2v) is 9.28. The average Bonchev–Trinajstić information content (AvgIpc) is 2.14. The van der Waals surface area contributed by atoms with Gasteiger partial charge in [-0.1, -0.05) is 0 Å². The van der Waals surface area contributed by atoms with Crippen LogP contribution in [0.1, 0.15) is 0 Å². The molecule has 0 radical (unpaired) electrons. The standard InChI is InChI=1S/3H3O4P.8H2O.4O.4Ti/c3*1-5(2,3)4;;;;;;;;;;;;;;;;/h3*(H3,1,2,3,4);8*1H2;;;;;;;;/q;;;;;;;;;;;;;;;4*+2/p-8. The average molecular weight is 686 g/mol. The van der Waals surface area contributed by atoms with Crippen molar-refractivity contribution in [1.29, 1.82) is 0 Å². The maximum atomic E-state index is 8.88. The Hall–Kier alpha value is 2.07. The van der Waals surface area contributed by atoms with Gasteiger partial charge in [-0.05, 0) is 0 Å². The summed E-state index contributed by atoms with van der Waals surface area (Å²) in [5, 5.41) is 0. The van der Waals surface area contributed by atoms with E-state index in [1.165, 1.54) is 0 Å². The van der Waals surface area contributed by atoms with Crippen LogP contribution in [0.3, 0.4) is 0 Å². The van der Waals surface area contributed by atoms with Gasteiger partial charge in [0.15, 0.2) is 0 Å². The van der Waals surface area contributed by atoms with Crippen molar-refractivity contribution < 1.29 is 175 Å². The molecule has 24 nitrogen and oxygen atoms in total. The van der Waals surface area contributed by atoms with Crippen LogP contribution in [-0.4, -0.2) is 73.5 Å². The summed E-state index contributed by atoms with van der Waals surface area (Å²) in [5.41, 5.74) is 0. The molecule has 0 heterocycles. The second kappa shape index (κ2) is 30.1. The van der Waals surface area contributed by atoms with Crippen molar-refractivity contribution in [3.63, 3.8) is 0 Å². The van der Waals surface area contributed by atoms with Gasteiger partial charge in [-0.15, -0.1) is 0 Å². The monoisotopic (exact) mass is 686 g/mol. The van der Waals surface area contributed by atoms with Gasteiger partial charge in [-0.25, -0.2) is 13.7 Å². The van der Waals surface area contributed by atoms with Crippen LogP contribution in [-0.2, 0) is 101 Å². The summed E-state index contributed by atoms with van der Waals surface area (Å²) in [6.07, 6.45) is 0. The first kappa shape index (κ1) is 50.0. The minimum atomic E-state index is -4.64. The first-order chi connectivity index (χ1) is 12.9. The van der Waals surface area contributed by atoms with Gasteiger partial charge in [-0.3, -0.25) is 0 Å². The Bertz CT molecular complexity index is 464. The van der Waals surface area contributed by atoms with Gasteiger partial charge in [-0.2, -0.15) is 0 Å². The molecule has 31 heteroatoms. The Labute approximate surface area is 197 Å². The van der Waals surface area contributed by atoms with Crippen LogP contribution in [0.25, 0.3) is 0 Å². The van der Waals surface area contributed by atoms with Crippen LogP contribution in [0.2, 0.25) is 0 Å². The van der Waals surface area contributed by atoms with E-state index < -0.39 is 97.9 Å². The van der Waals surface area contributed by atoms with E-state index in [4.69, 9.17) is 101 Å². The predicted molar refractivity (Wildman–Crippen MR) is 63.3 cm³/mol. The topological polar surface area (TPSA) is 463 Å². The summed E-state index contributed by atoms with van der Waals surface area (Å²) in [7, 11) is -13.9.